The number of rotatable bonds is 2. The van der Waals surface area contributed by atoms with Gasteiger partial charge in [0.2, 0.25) is 0 Å². The second-order valence-electron chi connectivity index (χ2n) is 4.74. The van der Waals surface area contributed by atoms with Gasteiger partial charge in [-0.3, -0.25) is 0 Å². The van der Waals surface area contributed by atoms with Crippen molar-refractivity contribution in [1.29, 1.82) is 0 Å². The molecule has 0 N–H and O–H groups in total. The molecule has 1 aliphatic rings. The first-order chi connectivity index (χ1) is 9.37. The van der Waals surface area contributed by atoms with E-state index in [1.165, 1.54) is 4.90 Å². The highest BCUT2D eigenvalue weighted by molar-refractivity contribution is 8.11. The quantitative estimate of drug-likeness (QED) is 0.494. The van der Waals surface area contributed by atoms with Crippen LogP contribution < -0.4 is 5.30 Å². The van der Waals surface area contributed by atoms with Gasteiger partial charge in [0.05, 0.1) is 0 Å². The topological polar surface area (TPSA) is 3.24 Å². The summed E-state index contributed by atoms with van der Waals surface area (Å²) in [4.78, 5) is 1.26. The number of hydrogen-bond donors (Lipinski definition) is 1. The molecule has 20 heavy (non-hydrogen) atoms. The highest BCUT2D eigenvalue weighted by atomic mass is 32.1. The highest BCUT2D eigenvalue weighted by Crippen LogP contribution is 2.53. The Balaban J connectivity index is 2.41. The van der Waals surface area contributed by atoms with Gasteiger partial charge in [0.25, 0.3) is 0 Å². The highest BCUT2D eigenvalue weighted by Gasteiger charge is 2.59. The standard InChI is InChI=1S/C13H15F3NPS2/c14-13(15,16)12(18-10-6-2-1-3-7-10)8-4-5-9-17(12)11(19)20/h1-3,6-7,18H,4-5,8-9H2,(H,19,20). The molecule has 1 saturated heterocycles. The third-order valence-corrected chi connectivity index (χ3v) is 5.76. The number of thiocarbonyl (C=S) groups is 1. The Morgan fingerprint density at radius 3 is 2.45 bits per heavy atom. The Morgan fingerprint density at radius 2 is 1.90 bits per heavy atom. The Kier molecular flexibility index (Phi) is 4.98. The van der Waals surface area contributed by atoms with Crippen molar-refractivity contribution in [3.05, 3.63) is 30.3 Å². The van der Waals surface area contributed by atoms with Crippen molar-refractivity contribution in [3.63, 3.8) is 0 Å². The van der Waals surface area contributed by atoms with Crippen LogP contribution in [0, 0.1) is 0 Å². The molecular formula is C13H15F3NPS2. The van der Waals surface area contributed by atoms with Crippen LogP contribution in [0.25, 0.3) is 0 Å². The van der Waals surface area contributed by atoms with Crippen molar-refractivity contribution in [1.82, 2.24) is 4.90 Å². The van der Waals surface area contributed by atoms with Crippen LogP contribution in [0.3, 0.4) is 0 Å². The molecule has 1 nitrogen and oxygen atoms in total. The predicted octanol–water partition coefficient (Wildman–Crippen LogP) is 3.95. The fourth-order valence-electron chi connectivity index (χ4n) is 2.49. The van der Waals surface area contributed by atoms with E-state index in [-0.39, 0.29) is 19.3 Å². The molecular weight excluding hydrogens is 322 g/mol. The number of hydrogen-bond acceptors (Lipinski definition) is 1. The number of likely N-dealkylation sites (tertiary alicyclic amines) is 1. The summed E-state index contributed by atoms with van der Waals surface area (Å²) in [6, 6.07) is 8.80. The van der Waals surface area contributed by atoms with E-state index in [4.69, 9.17) is 12.2 Å². The molecule has 1 aliphatic heterocycles. The van der Waals surface area contributed by atoms with Crippen LogP contribution in [0.5, 0.6) is 0 Å². The number of alkyl halides is 3. The molecule has 1 aromatic rings. The maximum absolute atomic E-state index is 13.8. The van der Waals surface area contributed by atoms with E-state index in [2.05, 4.69) is 12.6 Å². The molecule has 2 atom stereocenters. The Bertz CT molecular complexity index is 480. The molecule has 0 radical (unpaired) electrons. The van der Waals surface area contributed by atoms with E-state index >= 15 is 0 Å². The molecule has 0 saturated carbocycles. The summed E-state index contributed by atoms with van der Waals surface area (Å²) in [7, 11) is -0.387. The van der Waals surface area contributed by atoms with Crippen molar-refractivity contribution in [2.45, 2.75) is 30.7 Å². The smallest absolute Gasteiger partial charge is 0.340 e. The molecule has 110 valence electrons. The Hall–Kier alpha value is -0.320. The van der Waals surface area contributed by atoms with E-state index in [0.29, 0.717) is 18.3 Å². The maximum atomic E-state index is 13.8. The van der Waals surface area contributed by atoms with Gasteiger partial charge < -0.3 is 4.90 Å². The third-order valence-electron chi connectivity index (χ3n) is 3.46. The van der Waals surface area contributed by atoms with Crippen molar-refractivity contribution in [2.24, 2.45) is 0 Å². The molecule has 0 amide bonds. The fraction of sp³-hybridized carbons (Fsp3) is 0.462. The zero-order valence-electron chi connectivity index (χ0n) is 10.7. The van der Waals surface area contributed by atoms with Gasteiger partial charge in [0.1, 0.15) is 4.32 Å². The summed E-state index contributed by atoms with van der Waals surface area (Å²) in [5.41, 5.74) is 0. The first-order valence-corrected chi connectivity index (χ1v) is 8.13. The Morgan fingerprint density at radius 1 is 1.25 bits per heavy atom. The molecule has 2 unspecified atom stereocenters. The van der Waals surface area contributed by atoms with Gasteiger partial charge in [-0.2, -0.15) is 13.2 Å². The summed E-state index contributed by atoms with van der Waals surface area (Å²) >= 11 is 8.96. The first-order valence-electron chi connectivity index (χ1n) is 6.27. The van der Waals surface area contributed by atoms with Gasteiger partial charge in [0.15, 0.2) is 5.28 Å². The van der Waals surface area contributed by atoms with E-state index < -0.39 is 11.5 Å². The zero-order valence-corrected chi connectivity index (χ0v) is 13.4. The maximum Gasteiger partial charge on any atom is 0.415 e. The molecule has 2 rings (SSSR count). The number of halogens is 3. The lowest BCUT2D eigenvalue weighted by atomic mass is 10.0. The molecule has 1 aromatic carbocycles. The number of thiol groups is 1. The minimum Gasteiger partial charge on any atom is -0.340 e. The molecule has 0 bridgehead atoms. The van der Waals surface area contributed by atoms with Gasteiger partial charge in [-0.25, -0.2) is 0 Å². The van der Waals surface area contributed by atoms with Gasteiger partial charge >= 0.3 is 6.18 Å². The Labute approximate surface area is 129 Å². The summed E-state index contributed by atoms with van der Waals surface area (Å²) < 4.78 is 41.3. The molecule has 0 spiro atoms. The lowest BCUT2D eigenvalue weighted by Gasteiger charge is -2.48. The van der Waals surface area contributed by atoms with Crippen LogP contribution in [0.2, 0.25) is 0 Å². The number of piperidine rings is 1. The zero-order chi connectivity index (χ0) is 14.8. The summed E-state index contributed by atoms with van der Waals surface area (Å²) in [6.45, 7) is 0.321. The van der Waals surface area contributed by atoms with E-state index in [9.17, 15) is 13.2 Å². The van der Waals surface area contributed by atoms with E-state index in [0.717, 1.165) is 6.42 Å². The normalized spacial score (nSPS) is 24.3. The largest absolute Gasteiger partial charge is 0.415 e. The summed E-state index contributed by atoms with van der Waals surface area (Å²) in [5.74, 6) is 0. The second-order valence-corrected chi connectivity index (χ2v) is 7.51. The third kappa shape index (κ3) is 3.12. The predicted molar refractivity (Wildman–Crippen MR) is 85.3 cm³/mol. The number of benzene rings is 1. The van der Waals surface area contributed by atoms with Crippen molar-refractivity contribution >= 4 is 43.1 Å². The minimum atomic E-state index is -4.32. The van der Waals surface area contributed by atoms with E-state index in [1.54, 1.807) is 30.3 Å². The SMILES string of the molecule is FC(F)(F)C1(Pc2ccccc2)CCCCN1C(=S)S. The van der Waals surface area contributed by atoms with Crippen LogP contribution in [0.4, 0.5) is 13.2 Å². The molecule has 7 heteroatoms. The van der Waals surface area contributed by atoms with Crippen molar-refractivity contribution < 1.29 is 13.2 Å². The average Bonchev–Trinajstić information content (AvgIpc) is 2.39. The second kappa shape index (κ2) is 6.20. The molecule has 0 aromatic heterocycles. The van der Waals surface area contributed by atoms with Gasteiger partial charge in [0, 0.05) is 6.54 Å². The van der Waals surface area contributed by atoms with Crippen LogP contribution in [0.15, 0.2) is 30.3 Å². The molecule has 1 fully saturated rings. The monoisotopic (exact) mass is 337 g/mol. The average molecular weight is 337 g/mol. The van der Waals surface area contributed by atoms with Gasteiger partial charge in [-0.15, -0.1) is 12.6 Å². The van der Waals surface area contributed by atoms with Crippen molar-refractivity contribution in [2.75, 3.05) is 6.54 Å². The minimum absolute atomic E-state index is 0.0328. The van der Waals surface area contributed by atoms with Gasteiger partial charge in [-0.1, -0.05) is 51.1 Å². The van der Waals surface area contributed by atoms with Crippen LogP contribution in [0.1, 0.15) is 19.3 Å². The van der Waals surface area contributed by atoms with Gasteiger partial charge in [-0.05, 0) is 24.6 Å². The lowest BCUT2D eigenvalue weighted by molar-refractivity contribution is -0.194. The lowest BCUT2D eigenvalue weighted by Crippen LogP contribution is -2.59. The molecule has 1 heterocycles. The van der Waals surface area contributed by atoms with Crippen LogP contribution in [-0.2, 0) is 0 Å². The summed E-state index contributed by atoms with van der Waals surface area (Å²) in [6.07, 6.45) is -2.97. The molecule has 0 aliphatic carbocycles. The van der Waals surface area contributed by atoms with Crippen LogP contribution >= 0.6 is 33.4 Å². The van der Waals surface area contributed by atoms with Crippen molar-refractivity contribution in [3.8, 4) is 0 Å². The first kappa shape index (κ1) is 16.1. The number of nitrogens with zero attached hydrogens (tertiary/aromatic N) is 1. The summed E-state index contributed by atoms with van der Waals surface area (Å²) in [5, 5.41) is -1.20. The fourth-order valence-corrected chi connectivity index (χ4v) is 4.82. The van der Waals surface area contributed by atoms with E-state index in [1.807, 2.05) is 0 Å². The van der Waals surface area contributed by atoms with Crippen LogP contribution in [-0.4, -0.2) is 27.2 Å².